The number of sulfonamides is 1. The van der Waals surface area contributed by atoms with Crippen molar-refractivity contribution in [2.45, 2.75) is 24.3 Å². The number of halogens is 1. The molecule has 1 amide bonds. The number of para-hydroxylation sites is 1. The number of hydrogen-bond donors (Lipinski definition) is 2. The van der Waals surface area contributed by atoms with Crippen molar-refractivity contribution in [2.24, 2.45) is 5.92 Å². The van der Waals surface area contributed by atoms with Crippen molar-refractivity contribution in [1.82, 2.24) is 10.2 Å². The summed E-state index contributed by atoms with van der Waals surface area (Å²) in [6.45, 7) is 3.42. The first-order valence-electron chi connectivity index (χ1n) is 10.8. The van der Waals surface area contributed by atoms with Gasteiger partial charge in [-0.25, -0.2) is 12.8 Å². The number of anilines is 1. The highest BCUT2D eigenvalue weighted by molar-refractivity contribution is 7.92. The molecule has 0 saturated carbocycles. The number of carbonyl (C=O) groups is 1. The van der Waals surface area contributed by atoms with Gasteiger partial charge in [0.2, 0.25) is 0 Å². The van der Waals surface area contributed by atoms with Gasteiger partial charge in [-0.3, -0.25) is 14.4 Å². The average Bonchev–Trinajstić information content (AvgIpc) is 3.31. The normalized spacial score (nSPS) is 16.9. The molecular weight excluding hydrogens is 461 g/mol. The van der Waals surface area contributed by atoms with Crippen LogP contribution in [0.5, 0.6) is 0 Å². The average molecular weight is 488 g/mol. The number of thiophene rings is 1. The highest BCUT2D eigenvalue weighted by Gasteiger charge is 2.22. The molecule has 1 saturated heterocycles. The van der Waals surface area contributed by atoms with Crippen molar-refractivity contribution in [1.29, 1.82) is 0 Å². The van der Waals surface area contributed by atoms with Crippen LogP contribution >= 0.6 is 11.3 Å². The second kappa shape index (κ2) is 10.5. The van der Waals surface area contributed by atoms with Crippen LogP contribution in [0.2, 0.25) is 0 Å². The lowest BCUT2D eigenvalue weighted by atomic mass is 9.97. The molecule has 1 aliphatic rings. The first-order valence-corrected chi connectivity index (χ1v) is 13.2. The summed E-state index contributed by atoms with van der Waals surface area (Å²) in [5, 5.41) is 5.06. The number of carbonyl (C=O) groups excluding carboxylic acids is 1. The minimum absolute atomic E-state index is 0.0767. The monoisotopic (exact) mass is 487 g/mol. The Hall–Kier alpha value is -2.75. The van der Waals surface area contributed by atoms with Gasteiger partial charge in [0.25, 0.3) is 15.9 Å². The largest absolute Gasteiger partial charge is 0.352 e. The Kier molecular flexibility index (Phi) is 7.42. The molecular formula is C24H26FN3O3S2. The van der Waals surface area contributed by atoms with Crippen molar-refractivity contribution in [3.63, 3.8) is 0 Å². The molecule has 0 spiro atoms. The number of amides is 1. The third-order valence-corrected chi connectivity index (χ3v) is 7.90. The quantitative estimate of drug-likeness (QED) is 0.496. The van der Waals surface area contributed by atoms with E-state index in [1.54, 1.807) is 35.6 Å². The van der Waals surface area contributed by atoms with Crippen LogP contribution in [0, 0.1) is 11.7 Å². The van der Waals surface area contributed by atoms with Crippen molar-refractivity contribution < 1.29 is 17.6 Å². The van der Waals surface area contributed by atoms with Gasteiger partial charge in [0.05, 0.1) is 16.1 Å². The Labute approximate surface area is 197 Å². The predicted octanol–water partition coefficient (Wildman–Crippen LogP) is 4.33. The van der Waals surface area contributed by atoms with Gasteiger partial charge in [0.1, 0.15) is 5.82 Å². The van der Waals surface area contributed by atoms with Gasteiger partial charge < -0.3 is 5.32 Å². The molecule has 1 fully saturated rings. The third-order valence-electron chi connectivity index (χ3n) is 5.65. The highest BCUT2D eigenvalue weighted by Crippen LogP contribution is 2.22. The Morgan fingerprint density at radius 3 is 2.64 bits per heavy atom. The third kappa shape index (κ3) is 6.19. The summed E-state index contributed by atoms with van der Waals surface area (Å²) in [7, 11) is -3.96. The van der Waals surface area contributed by atoms with Crippen LogP contribution in [0.3, 0.4) is 0 Å². The van der Waals surface area contributed by atoms with E-state index in [9.17, 15) is 17.6 Å². The minimum Gasteiger partial charge on any atom is -0.352 e. The van der Waals surface area contributed by atoms with Crippen molar-refractivity contribution in [3.8, 4) is 0 Å². The van der Waals surface area contributed by atoms with E-state index in [0.717, 1.165) is 44.6 Å². The summed E-state index contributed by atoms with van der Waals surface area (Å²) in [4.78, 5) is 16.6. The van der Waals surface area contributed by atoms with Crippen LogP contribution in [0.4, 0.5) is 10.1 Å². The van der Waals surface area contributed by atoms with Crippen LogP contribution in [0.1, 0.15) is 28.1 Å². The maximum absolute atomic E-state index is 13.2. The fraction of sp³-hybridized carbons (Fsp3) is 0.292. The number of hydrogen-bond acceptors (Lipinski definition) is 5. The number of likely N-dealkylation sites (tertiary alicyclic amines) is 1. The van der Waals surface area contributed by atoms with Crippen LogP contribution in [0.25, 0.3) is 0 Å². The van der Waals surface area contributed by atoms with Crippen LogP contribution in [-0.2, 0) is 16.6 Å². The van der Waals surface area contributed by atoms with Crippen molar-refractivity contribution >= 4 is 33.0 Å². The molecule has 2 N–H and O–H groups in total. The summed E-state index contributed by atoms with van der Waals surface area (Å²) >= 11 is 1.75. The minimum atomic E-state index is -3.96. The topological polar surface area (TPSA) is 78.5 Å². The summed E-state index contributed by atoms with van der Waals surface area (Å²) < 4.78 is 41.0. The van der Waals surface area contributed by atoms with Gasteiger partial charge >= 0.3 is 0 Å². The number of rotatable bonds is 8. The molecule has 0 radical (unpaired) electrons. The molecule has 1 aliphatic heterocycles. The lowest BCUT2D eigenvalue weighted by Crippen LogP contribution is -2.40. The maximum Gasteiger partial charge on any atom is 0.261 e. The van der Waals surface area contributed by atoms with Gasteiger partial charge in [0.15, 0.2) is 0 Å². The summed E-state index contributed by atoms with van der Waals surface area (Å²) in [6.07, 6.45) is 2.13. The smallest absolute Gasteiger partial charge is 0.261 e. The van der Waals surface area contributed by atoms with Gasteiger partial charge in [-0.05, 0) is 73.1 Å². The predicted molar refractivity (Wildman–Crippen MR) is 128 cm³/mol. The molecule has 6 nitrogen and oxygen atoms in total. The molecule has 33 heavy (non-hydrogen) atoms. The molecule has 1 aromatic heterocycles. The summed E-state index contributed by atoms with van der Waals surface area (Å²) in [5.74, 6) is -0.515. The molecule has 3 aromatic rings. The maximum atomic E-state index is 13.2. The first kappa shape index (κ1) is 23.4. The van der Waals surface area contributed by atoms with Crippen LogP contribution in [-0.4, -0.2) is 38.9 Å². The van der Waals surface area contributed by atoms with E-state index in [2.05, 4.69) is 32.5 Å². The standard InChI is InChI=1S/C24H26FN3O3S2/c25-19-9-11-21(12-10-19)33(30,31)27-23-8-2-1-7-22(23)24(29)26-15-18-5-3-13-28(16-18)17-20-6-4-14-32-20/h1-2,4,6-12,14,18,27H,3,5,13,15-17H2,(H,26,29). The van der Waals surface area contributed by atoms with Gasteiger partial charge in [-0.1, -0.05) is 18.2 Å². The second-order valence-electron chi connectivity index (χ2n) is 8.14. The van der Waals surface area contributed by atoms with E-state index in [1.807, 2.05) is 0 Å². The molecule has 0 aliphatic carbocycles. The highest BCUT2D eigenvalue weighted by atomic mass is 32.2. The van der Waals surface area contributed by atoms with Gasteiger partial charge in [-0.2, -0.15) is 0 Å². The molecule has 0 bridgehead atoms. The Morgan fingerprint density at radius 1 is 1.09 bits per heavy atom. The van der Waals surface area contributed by atoms with Gasteiger partial charge in [-0.15, -0.1) is 11.3 Å². The SMILES string of the molecule is O=C(NCC1CCCN(Cc2cccs2)C1)c1ccccc1NS(=O)(=O)c1ccc(F)cc1. The molecule has 1 atom stereocenters. The van der Waals surface area contributed by atoms with Crippen molar-refractivity contribution in [2.75, 3.05) is 24.4 Å². The molecule has 4 rings (SSSR count). The van der Waals surface area contributed by atoms with E-state index < -0.39 is 15.8 Å². The fourth-order valence-corrected chi connectivity index (χ4v) is 5.83. The molecule has 174 valence electrons. The zero-order valence-electron chi connectivity index (χ0n) is 18.0. The summed E-state index contributed by atoms with van der Waals surface area (Å²) in [6, 6.07) is 15.2. The van der Waals surface area contributed by atoms with Crippen molar-refractivity contribution in [3.05, 3.63) is 82.3 Å². The van der Waals surface area contributed by atoms with Gasteiger partial charge in [0, 0.05) is 24.5 Å². The summed E-state index contributed by atoms with van der Waals surface area (Å²) in [5.41, 5.74) is 0.428. The van der Waals surface area contributed by atoms with E-state index in [4.69, 9.17) is 0 Å². The number of piperidine rings is 1. The molecule has 2 heterocycles. The van der Waals surface area contributed by atoms with E-state index in [0.29, 0.717) is 12.5 Å². The van der Waals surface area contributed by atoms with E-state index in [1.165, 1.54) is 17.0 Å². The Morgan fingerprint density at radius 2 is 1.88 bits per heavy atom. The van der Waals surface area contributed by atoms with Crippen LogP contribution in [0.15, 0.2) is 70.9 Å². The Bertz CT molecular complexity index is 1180. The second-order valence-corrected chi connectivity index (χ2v) is 10.9. The van der Waals surface area contributed by atoms with Crippen LogP contribution < -0.4 is 10.0 Å². The fourth-order valence-electron chi connectivity index (χ4n) is 4.00. The molecule has 1 unspecified atom stereocenters. The molecule has 2 aromatic carbocycles. The van der Waals surface area contributed by atoms with E-state index >= 15 is 0 Å². The lowest BCUT2D eigenvalue weighted by molar-refractivity contribution is 0.0931. The first-order chi connectivity index (χ1) is 15.9. The number of benzene rings is 2. The molecule has 9 heteroatoms. The lowest BCUT2D eigenvalue weighted by Gasteiger charge is -2.32. The van der Waals surface area contributed by atoms with E-state index in [-0.39, 0.29) is 22.1 Å². The number of nitrogens with zero attached hydrogens (tertiary/aromatic N) is 1. The number of nitrogens with one attached hydrogen (secondary N) is 2. The zero-order chi connectivity index (χ0) is 23.3. The Balaban J connectivity index is 1.38. The zero-order valence-corrected chi connectivity index (χ0v) is 19.7.